The Morgan fingerprint density at radius 2 is 1.13 bits per heavy atom. The van der Waals surface area contributed by atoms with Gasteiger partial charge in [-0.15, -0.1) is 0 Å². The van der Waals surface area contributed by atoms with Crippen LogP contribution < -0.4 is 0 Å². The van der Waals surface area contributed by atoms with E-state index in [2.05, 4.69) is 6.92 Å². The van der Waals surface area contributed by atoms with Crippen molar-refractivity contribution in [1.29, 1.82) is 0 Å². The van der Waals surface area contributed by atoms with Gasteiger partial charge in [0.1, 0.15) is 5.78 Å². The Morgan fingerprint density at radius 3 is 1.61 bits per heavy atom. The van der Waals surface area contributed by atoms with E-state index >= 15 is 0 Å². The molecule has 0 amide bonds. The first-order valence-electron chi connectivity index (χ1n) is 10.8. The Kier molecular flexibility index (Phi) is 13.7. The van der Waals surface area contributed by atoms with Gasteiger partial charge in [-0.2, -0.15) is 0 Å². The maximum absolute atomic E-state index is 11.9. The third kappa shape index (κ3) is 12.7. The fourth-order valence-corrected chi connectivity index (χ4v) is 3.98. The molecule has 1 heteroatoms. The summed E-state index contributed by atoms with van der Waals surface area (Å²) < 4.78 is 0. The largest absolute Gasteiger partial charge is 0.300 e. The molecule has 0 unspecified atom stereocenters. The van der Waals surface area contributed by atoms with Gasteiger partial charge in [-0.25, -0.2) is 0 Å². The summed E-state index contributed by atoms with van der Waals surface area (Å²) in [6.07, 6.45) is 25.0. The highest BCUT2D eigenvalue weighted by atomic mass is 16.1. The average Bonchev–Trinajstić information content (AvgIpc) is 3.04. The minimum atomic E-state index is 0.542. The Hall–Kier alpha value is -0.330. The van der Waals surface area contributed by atoms with Crippen molar-refractivity contribution in [3.8, 4) is 0 Å². The van der Waals surface area contributed by atoms with E-state index in [0.29, 0.717) is 5.78 Å². The highest BCUT2D eigenvalue weighted by Gasteiger charge is 2.17. The first-order valence-corrected chi connectivity index (χ1v) is 10.8. The van der Waals surface area contributed by atoms with Gasteiger partial charge in [0.05, 0.1) is 0 Å². The fraction of sp³-hybridized carbons (Fsp3) is 0.955. The number of ketones is 1. The molecule has 1 saturated carbocycles. The highest BCUT2D eigenvalue weighted by molar-refractivity contribution is 5.78. The zero-order chi connectivity index (χ0) is 16.6. The summed E-state index contributed by atoms with van der Waals surface area (Å²) in [5.41, 5.74) is 0. The summed E-state index contributed by atoms with van der Waals surface area (Å²) in [6, 6.07) is 0. The van der Waals surface area contributed by atoms with Crippen LogP contribution in [-0.4, -0.2) is 5.78 Å². The van der Waals surface area contributed by atoms with E-state index in [9.17, 15) is 4.79 Å². The minimum absolute atomic E-state index is 0.542. The second-order valence-electron chi connectivity index (χ2n) is 7.89. The summed E-state index contributed by atoms with van der Waals surface area (Å²) in [5, 5.41) is 0. The molecule has 1 aliphatic rings. The number of hydrogen-bond acceptors (Lipinski definition) is 1. The molecule has 0 aromatic carbocycles. The third-order valence-electron chi connectivity index (χ3n) is 5.55. The van der Waals surface area contributed by atoms with E-state index in [0.717, 1.165) is 25.2 Å². The van der Waals surface area contributed by atoms with Gasteiger partial charge in [-0.3, -0.25) is 4.79 Å². The van der Waals surface area contributed by atoms with Gasteiger partial charge in [0, 0.05) is 12.8 Å². The number of Topliss-reactive ketones (excluding diaryl/α,β-unsaturated/α-hetero) is 1. The van der Waals surface area contributed by atoms with Crippen LogP contribution in [0.1, 0.15) is 129 Å². The lowest BCUT2D eigenvalue weighted by atomic mass is 9.97. The van der Waals surface area contributed by atoms with Gasteiger partial charge in [-0.1, -0.05) is 110 Å². The summed E-state index contributed by atoms with van der Waals surface area (Å²) in [7, 11) is 0. The molecule has 0 aromatic rings. The van der Waals surface area contributed by atoms with E-state index in [1.807, 2.05) is 0 Å². The van der Waals surface area contributed by atoms with Crippen molar-refractivity contribution >= 4 is 5.78 Å². The molecule has 1 nitrogen and oxygen atoms in total. The second-order valence-corrected chi connectivity index (χ2v) is 7.89. The van der Waals surface area contributed by atoms with Crippen LogP contribution in [0.3, 0.4) is 0 Å². The molecular formula is C22H42O. The van der Waals surface area contributed by atoms with Gasteiger partial charge in [0.2, 0.25) is 0 Å². The minimum Gasteiger partial charge on any atom is -0.300 e. The standard InChI is InChI=1S/C22H42O/c1-2-3-4-5-6-7-8-9-10-11-12-13-14-19-22(23)20-21-17-15-16-18-21/h21H,2-20H2,1H3. The lowest BCUT2D eigenvalue weighted by molar-refractivity contribution is -0.120. The van der Waals surface area contributed by atoms with Crippen LogP contribution in [0.2, 0.25) is 0 Å². The van der Waals surface area contributed by atoms with Crippen LogP contribution in [0.25, 0.3) is 0 Å². The monoisotopic (exact) mass is 322 g/mol. The van der Waals surface area contributed by atoms with Crippen LogP contribution >= 0.6 is 0 Å². The predicted molar refractivity (Wildman–Crippen MR) is 102 cm³/mol. The molecule has 0 heterocycles. The lowest BCUT2D eigenvalue weighted by Crippen LogP contribution is -2.04. The van der Waals surface area contributed by atoms with E-state index in [4.69, 9.17) is 0 Å². The van der Waals surface area contributed by atoms with Crippen molar-refractivity contribution in [1.82, 2.24) is 0 Å². The third-order valence-corrected chi connectivity index (χ3v) is 5.55. The first kappa shape index (κ1) is 20.7. The average molecular weight is 323 g/mol. The Balaban J connectivity index is 1.73. The maximum atomic E-state index is 11.9. The van der Waals surface area contributed by atoms with Crippen LogP contribution in [0.5, 0.6) is 0 Å². The molecule has 0 N–H and O–H groups in total. The normalized spacial score (nSPS) is 15.3. The molecule has 0 aromatic heterocycles. The van der Waals surface area contributed by atoms with Crippen LogP contribution in [0.15, 0.2) is 0 Å². The fourth-order valence-electron chi connectivity index (χ4n) is 3.98. The Labute approximate surface area is 146 Å². The first-order chi connectivity index (χ1) is 11.3. The summed E-state index contributed by atoms with van der Waals surface area (Å²) >= 11 is 0. The van der Waals surface area contributed by atoms with Gasteiger partial charge in [-0.05, 0) is 12.3 Å². The van der Waals surface area contributed by atoms with Crippen molar-refractivity contribution in [3.63, 3.8) is 0 Å². The quantitative estimate of drug-likeness (QED) is 0.267. The molecule has 0 bridgehead atoms. The number of hydrogen-bond donors (Lipinski definition) is 0. The van der Waals surface area contributed by atoms with E-state index in [1.54, 1.807) is 0 Å². The summed E-state index contributed by atoms with van der Waals surface area (Å²) in [4.78, 5) is 11.9. The Morgan fingerprint density at radius 1 is 0.696 bits per heavy atom. The topological polar surface area (TPSA) is 17.1 Å². The van der Waals surface area contributed by atoms with Crippen molar-refractivity contribution in [2.45, 2.75) is 129 Å². The van der Waals surface area contributed by atoms with E-state index in [1.165, 1.54) is 103 Å². The van der Waals surface area contributed by atoms with Crippen molar-refractivity contribution in [3.05, 3.63) is 0 Å². The molecule has 136 valence electrons. The van der Waals surface area contributed by atoms with Crippen LogP contribution in [0.4, 0.5) is 0 Å². The molecule has 1 fully saturated rings. The zero-order valence-electron chi connectivity index (χ0n) is 15.9. The van der Waals surface area contributed by atoms with Crippen LogP contribution in [-0.2, 0) is 4.79 Å². The number of rotatable bonds is 16. The molecule has 1 aliphatic carbocycles. The van der Waals surface area contributed by atoms with E-state index < -0.39 is 0 Å². The molecule has 1 rings (SSSR count). The molecule has 0 spiro atoms. The molecule has 0 radical (unpaired) electrons. The molecule has 0 aliphatic heterocycles. The summed E-state index contributed by atoms with van der Waals surface area (Å²) in [5.74, 6) is 1.28. The molecule has 0 saturated heterocycles. The molecular weight excluding hydrogens is 280 g/mol. The lowest BCUT2D eigenvalue weighted by Gasteiger charge is -2.07. The number of unbranched alkanes of at least 4 members (excludes halogenated alkanes) is 12. The van der Waals surface area contributed by atoms with Gasteiger partial charge in [0.15, 0.2) is 0 Å². The molecule has 23 heavy (non-hydrogen) atoms. The van der Waals surface area contributed by atoms with E-state index in [-0.39, 0.29) is 0 Å². The van der Waals surface area contributed by atoms with Gasteiger partial charge >= 0.3 is 0 Å². The highest BCUT2D eigenvalue weighted by Crippen LogP contribution is 2.28. The number of carbonyl (C=O) groups is 1. The van der Waals surface area contributed by atoms with Crippen molar-refractivity contribution in [2.75, 3.05) is 0 Å². The predicted octanol–water partition coefficient (Wildman–Crippen LogP) is 7.62. The molecule has 0 atom stereocenters. The summed E-state index contributed by atoms with van der Waals surface area (Å²) in [6.45, 7) is 2.28. The zero-order valence-corrected chi connectivity index (χ0v) is 15.9. The van der Waals surface area contributed by atoms with Gasteiger partial charge < -0.3 is 0 Å². The smallest absolute Gasteiger partial charge is 0.133 e. The number of carbonyl (C=O) groups excluding carboxylic acids is 1. The van der Waals surface area contributed by atoms with Crippen LogP contribution in [0, 0.1) is 5.92 Å². The second kappa shape index (κ2) is 15.2. The SMILES string of the molecule is CCCCCCCCCCCCCCCC(=O)CC1CCCC1. The van der Waals surface area contributed by atoms with Gasteiger partial charge in [0.25, 0.3) is 0 Å². The maximum Gasteiger partial charge on any atom is 0.133 e. The van der Waals surface area contributed by atoms with Crippen molar-refractivity contribution in [2.24, 2.45) is 5.92 Å². The Bertz CT molecular complexity index is 265. The van der Waals surface area contributed by atoms with Crippen molar-refractivity contribution < 1.29 is 4.79 Å².